The molecule has 0 N–H and O–H groups in total. The number of para-hydroxylation sites is 1. The second-order valence-electron chi connectivity index (χ2n) is 11.7. The fraction of sp³-hybridized carbons (Fsp3) is 0.105. The fourth-order valence-electron chi connectivity index (χ4n) is 5.61. The number of hydrogen-bond donors (Lipinski definition) is 0. The first kappa shape index (κ1) is 26.3. The van der Waals surface area contributed by atoms with Crippen molar-refractivity contribution < 1.29 is 0 Å². The number of benzene rings is 5. The highest BCUT2D eigenvalue weighted by Gasteiger charge is 2.20. The zero-order valence-electron chi connectivity index (χ0n) is 24.3. The van der Waals surface area contributed by atoms with Gasteiger partial charge in [-0.1, -0.05) is 106 Å². The molecule has 2 aromatic heterocycles. The molecule has 0 aliphatic heterocycles. The highest BCUT2D eigenvalue weighted by atomic mass is 15.0. The number of hydrogen-bond acceptors (Lipinski definition) is 4. The van der Waals surface area contributed by atoms with Gasteiger partial charge in [-0.3, -0.25) is 0 Å². The lowest BCUT2D eigenvalue weighted by molar-refractivity contribution is 0.591. The smallest absolute Gasteiger partial charge is 0.165 e. The molecular weight excluding hydrogens is 526 g/mol. The van der Waals surface area contributed by atoms with E-state index in [2.05, 4.69) is 73.9 Å². The van der Waals surface area contributed by atoms with Gasteiger partial charge in [0.2, 0.25) is 0 Å². The van der Waals surface area contributed by atoms with Gasteiger partial charge in [-0.25, -0.2) is 15.0 Å². The molecule has 7 rings (SSSR count). The largest absolute Gasteiger partial charge is 0.309 e. The van der Waals surface area contributed by atoms with Crippen LogP contribution in [0, 0.1) is 11.3 Å². The first-order chi connectivity index (χ1) is 20.9. The molecular formula is C38H29N5. The maximum absolute atomic E-state index is 10.4. The van der Waals surface area contributed by atoms with Crippen molar-refractivity contribution in [1.82, 2.24) is 19.5 Å². The molecule has 0 fully saturated rings. The molecule has 0 spiro atoms. The summed E-state index contributed by atoms with van der Waals surface area (Å²) in [5.74, 6) is 1.59. The summed E-state index contributed by atoms with van der Waals surface area (Å²) in [6.45, 7) is 6.70. The van der Waals surface area contributed by atoms with E-state index in [0.29, 0.717) is 28.6 Å². The molecule has 0 saturated heterocycles. The third-order valence-electron chi connectivity index (χ3n) is 7.86. The lowest BCUT2D eigenvalue weighted by atomic mass is 9.86. The Balaban J connectivity index is 1.42. The molecule has 206 valence electrons. The van der Waals surface area contributed by atoms with Crippen molar-refractivity contribution in [2.75, 3.05) is 0 Å². The van der Waals surface area contributed by atoms with Crippen LogP contribution in [0.5, 0.6) is 0 Å². The highest BCUT2D eigenvalue weighted by molar-refractivity contribution is 6.09. The van der Waals surface area contributed by atoms with Crippen molar-refractivity contribution in [3.8, 4) is 45.9 Å². The molecule has 43 heavy (non-hydrogen) atoms. The van der Waals surface area contributed by atoms with Crippen LogP contribution in [0.25, 0.3) is 61.7 Å². The van der Waals surface area contributed by atoms with E-state index in [0.717, 1.165) is 27.8 Å². The van der Waals surface area contributed by atoms with Crippen LogP contribution in [0.2, 0.25) is 0 Å². The first-order valence-electron chi connectivity index (χ1n) is 14.4. The van der Waals surface area contributed by atoms with Gasteiger partial charge in [0.1, 0.15) is 0 Å². The SMILES string of the molecule is CC(C)(C)c1ccc2c(c1)c1ccccc1n2-c1ccc(-c2nc(-c3ccccc3)nc(-c3ccccc3)n2)c(C#N)c1. The summed E-state index contributed by atoms with van der Waals surface area (Å²) in [7, 11) is 0. The van der Waals surface area contributed by atoms with Gasteiger partial charge in [-0.15, -0.1) is 0 Å². The second kappa shape index (κ2) is 10.3. The van der Waals surface area contributed by atoms with Crippen molar-refractivity contribution >= 4 is 21.8 Å². The minimum atomic E-state index is 0.0365. The number of rotatable bonds is 4. The Labute approximate surface area is 250 Å². The Bertz CT molecular complexity index is 2110. The zero-order valence-corrected chi connectivity index (χ0v) is 24.3. The lowest BCUT2D eigenvalue weighted by Gasteiger charge is -2.19. The molecule has 0 bridgehead atoms. The van der Waals surface area contributed by atoms with Gasteiger partial charge in [-0.2, -0.15) is 5.26 Å². The molecule has 7 aromatic rings. The Hall–Kier alpha value is -5.60. The fourth-order valence-corrected chi connectivity index (χ4v) is 5.61. The average Bonchev–Trinajstić information content (AvgIpc) is 3.38. The van der Waals surface area contributed by atoms with E-state index in [-0.39, 0.29) is 5.41 Å². The van der Waals surface area contributed by atoms with Gasteiger partial charge in [-0.05, 0) is 47.4 Å². The third kappa shape index (κ3) is 4.73. The van der Waals surface area contributed by atoms with Gasteiger partial charge in [0.25, 0.3) is 0 Å². The minimum Gasteiger partial charge on any atom is -0.309 e. The Kier molecular flexibility index (Phi) is 6.33. The summed E-state index contributed by atoms with van der Waals surface area (Å²) in [6, 6.07) is 43.2. The van der Waals surface area contributed by atoms with E-state index < -0.39 is 0 Å². The molecule has 5 aromatic carbocycles. The maximum Gasteiger partial charge on any atom is 0.165 e. The first-order valence-corrected chi connectivity index (χ1v) is 14.4. The summed E-state index contributed by atoms with van der Waals surface area (Å²) in [4.78, 5) is 14.5. The number of nitrogens with zero attached hydrogens (tertiary/aromatic N) is 5. The van der Waals surface area contributed by atoms with Gasteiger partial charge in [0.15, 0.2) is 17.5 Å². The molecule has 0 aliphatic carbocycles. The van der Waals surface area contributed by atoms with Crippen LogP contribution in [0.3, 0.4) is 0 Å². The van der Waals surface area contributed by atoms with Crippen LogP contribution < -0.4 is 0 Å². The van der Waals surface area contributed by atoms with Crippen molar-refractivity contribution in [1.29, 1.82) is 5.26 Å². The number of fused-ring (bicyclic) bond motifs is 3. The summed E-state index contributed by atoms with van der Waals surface area (Å²) in [5, 5.41) is 12.8. The van der Waals surface area contributed by atoms with E-state index in [1.807, 2.05) is 78.9 Å². The molecule has 5 nitrogen and oxygen atoms in total. The van der Waals surface area contributed by atoms with Crippen molar-refractivity contribution in [2.45, 2.75) is 26.2 Å². The average molecular weight is 556 g/mol. The van der Waals surface area contributed by atoms with Crippen LogP contribution in [-0.4, -0.2) is 19.5 Å². The predicted octanol–water partition coefficient (Wildman–Crippen LogP) is 9.14. The summed E-state index contributed by atoms with van der Waals surface area (Å²) >= 11 is 0. The lowest BCUT2D eigenvalue weighted by Crippen LogP contribution is -2.10. The molecule has 0 aliphatic rings. The molecule has 0 radical (unpaired) electrons. The van der Waals surface area contributed by atoms with Crippen molar-refractivity contribution in [3.63, 3.8) is 0 Å². The third-order valence-corrected chi connectivity index (χ3v) is 7.86. The molecule has 0 unspecified atom stereocenters. The van der Waals surface area contributed by atoms with Gasteiger partial charge in [0.05, 0.1) is 22.7 Å². The van der Waals surface area contributed by atoms with Crippen LogP contribution in [-0.2, 0) is 5.41 Å². The van der Waals surface area contributed by atoms with E-state index >= 15 is 0 Å². The standard InChI is InChI=1S/C38H29N5/c1-38(2,3)28-18-21-34-32(23-28)31-16-10-11-17-33(31)43(34)29-19-20-30(27(22-29)24-39)37-41-35(25-12-6-4-7-13-25)40-36(42-37)26-14-8-5-9-15-26/h4-23H,1-3H3. The minimum absolute atomic E-state index is 0.0365. The topological polar surface area (TPSA) is 67.4 Å². The van der Waals surface area contributed by atoms with E-state index in [4.69, 9.17) is 15.0 Å². The molecule has 0 amide bonds. The Morgan fingerprint density at radius 2 is 1.16 bits per heavy atom. The predicted molar refractivity (Wildman–Crippen MR) is 174 cm³/mol. The summed E-state index contributed by atoms with van der Waals surface area (Å²) < 4.78 is 2.24. The molecule has 0 saturated carbocycles. The van der Waals surface area contributed by atoms with E-state index in [1.54, 1.807) is 0 Å². The molecule has 5 heteroatoms. The quantitative estimate of drug-likeness (QED) is 0.217. The van der Waals surface area contributed by atoms with E-state index in [9.17, 15) is 5.26 Å². The Morgan fingerprint density at radius 3 is 1.79 bits per heavy atom. The zero-order chi connectivity index (χ0) is 29.6. The maximum atomic E-state index is 10.4. The summed E-state index contributed by atoms with van der Waals surface area (Å²) in [6.07, 6.45) is 0. The summed E-state index contributed by atoms with van der Waals surface area (Å²) in [5.41, 5.74) is 7.37. The van der Waals surface area contributed by atoms with Crippen LogP contribution in [0.4, 0.5) is 0 Å². The second-order valence-corrected chi connectivity index (χ2v) is 11.7. The van der Waals surface area contributed by atoms with Crippen molar-refractivity contribution in [3.05, 3.63) is 132 Å². The van der Waals surface area contributed by atoms with Crippen LogP contribution in [0.15, 0.2) is 121 Å². The van der Waals surface area contributed by atoms with Crippen LogP contribution in [0.1, 0.15) is 31.9 Å². The molecule has 0 atom stereocenters. The van der Waals surface area contributed by atoms with Gasteiger partial charge < -0.3 is 4.57 Å². The highest BCUT2D eigenvalue weighted by Crippen LogP contribution is 2.36. The van der Waals surface area contributed by atoms with Gasteiger partial charge in [0, 0.05) is 33.2 Å². The number of nitriles is 1. The van der Waals surface area contributed by atoms with Crippen molar-refractivity contribution in [2.24, 2.45) is 0 Å². The number of aromatic nitrogens is 4. The Morgan fingerprint density at radius 1 is 0.581 bits per heavy atom. The van der Waals surface area contributed by atoms with E-state index in [1.165, 1.54) is 16.3 Å². The molecule has 2 heterocycles. The van der Waals surface area contributed by atoms with Gasteiger partial charge >= 0.3 is 0 Å². The normalized spacial score (nSPS) is 11.6. The monoisotopic (exact) mass is 555 g/mol. The van der Waals surface area contributed by atoms with Crippen LogP contribution >= 0.6 is 0 Å².